The first kappa shape index (κ1) is 17.9. The van der Waals surface area contributed by atoms with Crippen molar-refractivity contribution >= 4 is 16.7 Å². The number of anilines is 1. The summed E-state index contributed by atoms with van der Waals surface area (Å²) in [7, 11) is 0. The molecule has 2 aromatic carbocycles. The number of rotatable bonds is 5. The Hall–Kier alpha value is -4.12. The van der Waals surface area contributed by atoms with E-state index >= 15 is 0 Å². The highest BCUT2D eigenvalue weighted by molar-refractivity contribution is 5.90. The first-order valence-electron chi connectivity index (χ1n) is 9.77. The lowest BCUT2D eigenvalue weighted by Crippen LogP contribution is -2.14. The van der Waals surface area contributed by atoms with Crippen LogP contribution in [0.5, 0.6) is 0 Å². The van der Waals surface area contributed by atoms with Gasteiger partial charge in [0.05, 0.1) is 11.6 Å². The van der Waals surface area contributed by atoms with E-state index in [1.165, 1.54) is 0 Å². The summed E-state index contributed by atoms with van der Waals surface area (Å²) in [6.45, 7) is 0. The number of hydrogen-bond acceptors (Lipinski definition) is 5. The van der Waals surface area contributed by atoms with Crippen molar-refractivity contribution in [2.45, 2.75) is 6.04 Å². The fourth-order valence-electron chi connectivity index (χ4n) is 3.51. The third-order valence-electron chi connectivity index (χ3n) is 4.98. The van der Waals surface area contributed by atoms with E-state index in [0.29, 0.717) is 5.82 Å². The Labute approximate surface area is 174 Å². The smallest absolute Gasteiger partial charge is 0.163 e. The van der Waals surface area contributed by atoms with Crippen molar-refractivity contribution in [1.82, 2.24) is 19.9 Å². The topological polar surface area (TPSA) is 63.6 Å². The maximum atomic E-state index is 4.88. The normalized spacial score (nSPS) is 11.9. The van der Waals surface area contributed by atoms with Crippen molar-refractivity contribution in [2.75, 3.05) is 5.32 Å². The van der Waals surface area contributed by atoms with Gasteiger partial charge in [0.1, 0.15) is 5.82 Å². The standard InChI is InChI=1S/C25H19N5/c1-2-7-18(8-3-1)23(19-12-15-26-16-13-19)29-25-21-10-4-5-11-22(21)28-24(30-25)20-9-6-14-27-17-20/h1-17,23H,(H,28,29,30)/t23-/m1/s1. The molecule has 0 saturated carbocycles. The lowest BCUT2D eigenvalue weighted by Gasteiger charge is -2.21. The lowest BCUT2D eigenvalue weighted by molar-refractivity contribution is 0.923. The molecule has 5 rings (SSSR count). The number of nitrogens with zero attached hydrogens (tertiary/aromatic N) is 4. The molecule has 1 atom stereocenters. The van der Waals surface area contributed by atoms with Crippen LogP contribution in [0.15, 0.2) is 104 Å². The second-order valence-electron chi connectivity index (χ2n) is 6.92. The molecular weight excluding hydrogens is 370 g/mol. The largest absolute Gasteiger partial charge is 0.359 e. The van der Waals surface area contributed by atoms with Crippen LogP contribution < -0.4 is 5.32 Å². The van der Waals surface area contributed by atoms with Gasteiger partial charge >= 0.3 is 0 Å². The molecule has 3 heterocycles. The van der Waals surface area contributed by atoms with Crippen molar-refractivity contribution in [1.29, 1.82) is 0 Å². The predicted octanol–water partition coefficient (Wildman–Crippen LogP) is 5.29. The molecule has 0 aliphatic heterocycles. The zero-order valence-electron chi connectivity index (χ0n) is 16.2. The predicted molar refractivity (Wildman–Crippen MR) is 119 cm³/mol. The molecule has 5 nitrogen and oxygen atoms in total. The van der Waals surface area contributed by atoms with E-state index in [4.69, 9.17) is 9.97 Å². The fourth-order valence-corrected chi connectivity index (χ4v) is 3.51. The Balaban J connectivity index is 1.65. The van der Waals surface area contributed by atoms with Gasteiger partial charge in [0.2, 0.25) is 0 Å². The van der Waals surface area contributed by atoms with Crippen LogP contribution in [-0.2, 0) is 0 Å². The first-order chi connectivity index (χ1) is 14.9. The van der Waals surface area contributed by atoms with Crippen molar-refractivity contribution in [3.05, 3.63) is 115 Å². The van der Waals surface area contributed by atoms with Crippen LogP contribution in [0.1, 0.15) is 17.2 Å². The quantitative estimate of drug-likeness (QED) is 0.443. The van der Waals surface area contributed by atoms with Gasteiger partial charge in [-0.1, -0.05) is 42.5 Å². The van der Waals surface area contributed by atoms with Gasteiger partial charge in [-0.05, 0) is 47.5 Å². The highest BCUT2D eigenvalue weighted by Crippen LogP contribution is 2.30. The second-order valence-corrected chi connectivity index (χ2v) is 6.92. The SMILES string of the molecule is c1ccc([C@@H](Nc2nc(-c3cccnc3)nc3ccccc23)c2ccncc2)cc1. The monoisotopic (exact) mass is 389 g/mol. The Morgan fingerprint density at radius 3 is 2.20 bits per heavy atom. The molecular formula is C25H19N5. The number of pyridine rings is 2. The van der Waals surface area contributed by atoms with Crippen LogP contribution in [-0.4, -0.2) is 19.9 Å². The molecule has 0 aliphatic carbocycles. The Bertz CT molecular complexity index is 1220. The molecule has 0 unspecified atom stereocenters. The summed E-state index contributed by atoms with van der Waals surface area (Å²) in [6.07, 6.45) is 7.15. The average Bonchev–Trinajstić information content (AvgIpc) is 2.84. The van der Waals surface area contributed by atoms with E-state index in [1.807, 2.05) is 79.1 Å². The summed E-state index contributed by atoms with van der Waals surface area (Å²) in [5.74, 6) is 1.43. The zero-order chi connectivity index (χ0) is 20.2. The van der Waals surface area contributed by atoms with Gasteiger partial charge in [-0.15, -0.1) is 0 Å². The fraction of sp³-hybridized carbons (Fsp3) is 0.0400. The van der Waals surface area contributed by atoms with Crippen molar-refractivity contribution < 1.29 is 0 Å². The van der Waals surface area contributed by atoms with E-state index in [9.17, 15) is 0 Å². The molecule has 0 saturated heterocycles. The van der Waals surface area contributed by atoms with Gasteiger partial charge in [0.25, 0.3) is 0 Å². The number of aromatic nitrogens is 4. The number of fused-ring (bicyclic) bond motifs is 1. The van der Waals surface area contributed by atoms with Gasteiger partial charge in [0, 0.05) is 35.7 Å². The molecule has 144 valence electrons. The van der Waals surface area contributed by atoms with Gasteiger partial charge in [-0.3, -0.25) is 9.97 Å². The molecule has 1 N–H and O–H groups in total. The Morgan fingerprint density at radius 2 is 1.40 bits per heavy atom. The minimum absolute atomic E-state index is 0.0748. The molecule has 0 fully saturated rings. The molecule has 0 bridgehead atoms. The van der Waals surface area contributed by atoms with Crippen LogP contribution in [0.4, 0.5) is 5.82 Å². The van der Waals surface area contributed by atoms with E-state index in [-0.39, 0.29) is 6.04 Å². The molecule has 3 aromatic heterocycles. The third-order valence-corrected chi connectivity index (χ3v) is 4.98. The van der Waals surface area contributed by atoms with E-state index in [1.54, 1.807) is 12.4 Å². The van der Waals surface area contributed by atoms with Crippen molar-refractivity contribution in [2.24, 2.45) is 0 Å². The zero-order valence-corrected chi connectivity index (χ0v) is 16.2. The summed E-state index contributed by atoms with van der Waals surface area (Å²) in [6, 6.07) is 26.2. The Kier molecular flexibility index (Phi) is 4.84. The molecule has 0 radical (unpaired) electrons. The minimum atomic E-state index is -0.0748. The molecule has 5 heteroatoms. The maximum absolute atomic E-state index is 4.88. The van der Waals surface area contributed by atoms with Crippen LogP contribution >= 0.6 is 0 Å². The molecule has 0 spiro atoms. The summed E-state index contributed by atoms with van der Waals surface area (Å²) in [4.78, 5) is 18.0. The lowest BCUT2D eigenvalue weighted by atomic mass is 9.99. The average molecular weight is 389 g/mol. The Morgan fingerprint density at radius 1 is 0.633 bits per heavy atom. The van der Waals surface area contributed by atoms with Gasteiger partial charge < -0.3 is 5.32 Å². The van der Waals surface area contributed by atoms with Crippen LogP contribution in [0.2, 0.25) is 0 Å². The highest BCUT2D eigenvalue weighted by atomic mass is 15.1. The molecule has 0 aliphatic rings. The highest BCUT2D eigenvalue weighted by Gasteiger charge is 2.17. The first-order valence-corrected chi connectivity index (χ1v) is 9.77. The number of hydrogen-bond donors (Lipinski definition) is 1. The van der Waals surface area contributed by atoms with Crippen molar-refractivity contribution in [3.8, 4) is 11.4 Å². The van der Waals surface area contributed by atoms with E-state index < -0.39 is 0 Å². The van der Waals surface area contributed by atoms with Gasteiger partial charge in [0.15, 0.2) is 5.82 Å². The summed E-state index contributed by atoms with van der Waals surface area (Å²) >= 11 is 0. The van der Waals surface area contributed by atoms with E-state index in [0.717, 1.165) is 33.4 Å². The molecule has 30 heavy (non-hydrogen) atoms. The number of para-hydroxylation sites is 1. The molecule has 0 amide bonds. The molecule has 5 aromatic rings. The number of nitrogens with one attached hydrogen (secondary N) is 1. The van der Waals surface area contributed by atoms with Crippen LogP contribution in [0, 0.1) is 0 Å². The van der Waals surface area contributed by atoms with Gasteiger partial charge in [-0.2, -0.15) is 0 Å². The summed E-state index contributed by atoms with van der Waals surface area (Å²) in [5.41, 5.74) is 4.03. The van der Waals surface area contributed by atoms with E-state index in [2.05, 4.69) is 27.4 Å². The summed E-state index contributed by atoms with van der Waals surface area (Å²) < 4.78 is 0. The minimum Gasteiger partial charge on any atom is -0.359 e. The van der Waals surface area contributed by atoms with Gasteiger partial charge in [-0.25, -0.2) is 9.97 Å². The van der Waals surface area contributed by atoms with Crippen molar-refractivity contribution in [3.63, 3.8) is 0 Å². The third kappa shape index (κ3) is 3.61. The number of benzene rings is 2. The summed E-state index contributed by atoms with van der Waals surface area (Å²) in [5, 5.41) is 4.64. The second kappa shape index (κ2) is 8.09. The van der Waals surface area contributed by atoms with Crippen LogP contribution in [0.3, 0.4) is 0 Å². The maximum Gasteiger partial charge on any atom is 0.163 e. The van der Waals surface area contributed by atoms with Crippen LogP contribution in [0.25, 0.3) is 22.3 Å².